The molecule has 0 atom stereocenters. The number of carbonyl (C=O) groups is 1. The highest BCUT2D eigenvalue weighted by Crippen LogP contribution is 2.02. The molecule has 0 unspecified atom stereocenters. The number of nitrogens with one attached hydrogen (secondary N) is 2. The maximum Gasteiger partial charge on any atom is 0.225 e. The predicted molar refractivity (Wildman–Crippen MR) is 48.9 cm³/mol. The van der Waals surface area contributed by atoms with Crippen molar-refractivity contribution in [1.82, 2.24) is 10.6 Å². The van der Waals surface area contributed by atoms with Crippen LogP contribution in [0.15, 0.2) is 0 Å². The zero-order valence-electron chi connectivity index (χ0n) is 7.73. The van der Waals surface area contributed by atoms with E-state index in [9.17, 15) is 4.79 Å². The van der Waals surface area contributed by atoms with Crippen molar-refractivity contribution in [2.75, 3.05) is 19.6 Å². The van der Waals surface area contributed by atoms with E-state index in [1.807, 2.05) is 0 Å². The van der Waals surface area contributed by atoms with Gasteiger partial charge in [-0.2, -0.15) is 0 Å². The lowest BCUT2D eigenvalue weighted by Crippen LogP contribution is -2.50. The van der Waals surface area contributed by atoms with Crippen molar-refractivity contribution in [2.45, 2.75) is 26.2 Å². The van der Waals surface area contributed by atoms with Gasteiger partial charge in [0.2, 0.25) is 5.91 Å². The van der Waals surface area contributed by atoms with Crippen LogP contribution in [0.3, 0.4) is 0 Å². The van der Waals surface area contributed by atoms with Gasteiger partial charge < -0.3 is 10.6 Å². The summed E-state index contributed by atoms with van der Waals surface area (Å²) in [5.41, 5.74) is 0. The van der Waals surface area contributed by atoms with Crippen molar-refractivity contribution >= 4 is 5.91 Å². The Balaban J connectivity index is 1.94. The van der Waals surface area contributed by atoms with Crippen molar-refractivity contribution in [1.29, 1.82) is 0 Å². The molecule has 0 aromatic carbocycles. The number of hydrogen-bond acceptors (Lipinski definition) is 2. The van der Waals surface area contributed by atoms with Crippen molar-refractivity contribution in [3.05, 3.63) is 0 Å². The van der Waals surface area contributed by atoms with E-state index >= 15 is 0 Å². The fourth-order valence-electron chi connectivity index (χ4n) is 1.20. The van der Waals surface area contributed by atoms with E-state index in [0.29, 0.717) is 0 Å². The van der Waals surface area contributed by atoms with Crippen LogP contribution in [0.5, 0.6) is 0 Å². The maximum absolute atomic E-state index is 11.2. The Hall–Kier alpha value is -0.570. The second kappa shape index (κ2) is 5.14. The molecule has 0 radical (unpaired) electrons. The minimum Gasteiger partial charge on any atom is -0.356 e. The smallest absolute Gasteiger partial charge is 0.225 e. The third-order valence-electron chi connectivity index (χ3n) is 2.23. The first-order valence-electron chi connectivity index (χ1n) is 4.83. The van der Waals surface area contributed by atoms with Gasteiger partial charge in [0.15, 0.2) is 0 Å². The summed E-state index contributed by atoms with van der Waals surface area (Å²) >= 11 is 0. The van der Waals surface area contributed by atoms with Crippen molar-refractivity contribution in [2.24, 2.45) is 5.92 Å². The first-order chi connectivity index (χ1) is 5.84. The van der Waals surface area contributed by atoms with Crippen LogP contribution in [0.25, 0.3) is 0 Å². The van der Waals surface area contributed by atoms with Crippen LogP contribution in [0.4, 0.5) is 0 Å². The van der Waals surface area contributed by atoms with Crippen LogP contribution in [-0.4, -0.2) is 25.5 Å². The lowest BCUT2D eigenvalue weighted by Gasteiger charge is -2.25. The topological polar surface area (TPSA) is 41.1 Å². The van der Waals surface area contributed by atoms with Crippen LogP contribution in [0.2, 0.25) is 0 Å². The fraction of sp³-hybridized carbons (Fsp3) is 0.889. The monoisotopic (exact) mass is 170 g/mol. The van der Waals surface area contributed by atoms with Crippen LogP contribution in [-0.2, 0) is 4.79 Å². The molecule has 1 fully saturated rings. The zero-order chi connectivity index (χ0) is 8.81. The van der Waals surface area contributed by atoms with E-state index in [0.717, 1.165) is 26.1 Å². The molecule has 1 rings (SSSR count). The Morgan fingerprint density at radius 3 is 2.75 bits per heavy atom. The minimum atomic E-state index is 0.227. The Labute approximate surface area is 73.9 Å². The quantitative estimate of drug-likeness (QED) is 0.590. The zero-order valence-corrected chi connectivity index (χ0v) is 7.73. The van der Waals surface area contributed by atoms with E-state index in [2.05, 4.69) is 17.6 Å². The van der Waals surface area contributed by atoms with Crippen molar-refractivity contribution < 1.29 is 4.79 Å². The minimum absolute atomic E-state index is 0.227. The van der Waals surface area contributed by atoms with Gasteiger partial charge in [0.25, 0.3) is 0 Å². The van der Waals surface area contributed by atoms with Gasteiger partial charge in [0, 0.05) is 19.6 Å². The van der Waals surface area contributed by atoms with E-state index in [-0.39, 0.29) is 11.8 Å². The van der Waals surface area contributed by atoms with Crippen LogP contribution < -0.4 is 10.6 Å². The van der Waals surface area contributed by atoms with E-state index in [4.69, 9.17) is 0 Å². The van der Waals surface area contributed by atoms with E-state index < -0.39 is 0 Å². The summed E-state index contributed by atoms with van der Waals surface area (Å²) in [6.45, 7) is 4.74. The second-order valence-corrected chi connectivity index (χ2v) is 3.35. The molecule has 0 aromatic rings. The molecule has 70 valence electrons. The molecule has 1 aliphatic rings. The third-order valence-corrected chi connectivity index (χ3v) is 2.23. The lowest BCUT2D eigenvalue weighted by molar-refractivity contribution is -0.126. The molecule has 12 heavy (non-hydrogen) atoms. The Kier molecular flexibility index (Phi) is 4.08. The molecule has 0 aliphatic carbocycles. The van der Waals surface area contributed by atoms with Gasteiger partial charge in [-0.1, -0.05) is 19.8 Å². The molecule has 0 saturated carbocycles. The Bertz CT molecular complexity index is 143. The third kappa shape index (κ3) is 2.81. The van der Waals surface area contributed by atoms with Crippen molar-refractivity contribution in [3.8, 4) is 0 Å². The summed E-state index contributed by atoms with van der Waals surface area (Å²) in [5.74, 6) is 0.469. The Morgan fingerprint density at radius 2 is 2.25 bits per heavy atom. The van der Waals surface area contributed by atoms with Gasteiger partial charge in [-0.25, -0.2) is 0 Å². The van der Waals surface area contributed by atoms with Gasteiger partial charge in [-0.3, -0.25) is 4.79 Å². The highest BCUT2D eigenvalue weighted by Gasteiger charge is 2.23. The number of carbonyl (C=O) groups excluding carboxylic acids is 1. The molecule has 3 heteroatoms. The lowest BCUT2D eigenvalue weighted by atomic mass is 10.0. The van der Waals surface area contributed by atoms with Crippen LogP contribution >= 0.6 is 0 Å². The molecule has 1 aliphatic heterocycles. The predicted octanol–water partition coefficient (Wildman–Crippen LogP) is 0.512. The highest BCUT2D eigenvalue weighted by molar-refractivity contribution is 5.79. The first-order valence-corrected chi connectivity index (χ1v) is 4.83. The standard InChI is InChI=1S/C9H18N2O/c1-2-3-4-5-11-9(12)8-6-10-7-8/h8,10H,2-7H2,1H3,(H,11,12). The van der Waals surface area contributed by atoms with E-state index in [1.165, 1.54) is 12.8 Å². The van der Waals surface area contributed by atoms with Gasteiger partial charge in [0.1, 0.15) is 0 Å². The van der Waals surface area contributed by atoms with E-state index in [1.54, 1.807) is 0 Å². The van der Waals surface area contributed by atoms with Gasteiger partial charge in [-0.05, 0) is 6.42 Å². The average Bonchev–Trinajstić information content (AvgIpc) is 1.95. The summed E-state index contributed by atoms with van der Waals surface area (Å²) in [6.07, 6.45) is 3.53. The molecule has 0 bridgehead atoms. The van der Waals surface area contributed by atoms with Crippen LogP contribution in [0, 0.1) is 5.92 Å². The number of hydrogen-bond donors (Lipinski definition) is 2. The maximum atomic E-state index is 11.2. The SMILES string of the molecule is CCCCCNC(=O)C1CNC1. The molecular weight excluding hydrogens is 152 g/mol. The summed E-state index contributed by atoms with van der Waals surface area (Å²) in [7, 11) is 0. The van der Waals surface area contributed by atoms with Gasteiger partial charge >= 0.3 is 0 Å². The molecule has 1 saturated heterocycles. The molecule has 1 amide bonds. The normalized spacial score (nSPS) is 17.1. The number of unbranched alkanes of at least 4 members (excludes halogenated alkanes) is 2. The molecule has 1 heterocycles. The molecular formula is C9H18N2O. The summed E-state index contributed by atoms with van der Waals surface area (Å²) in [4.78, 5) is 11.2. The number of amides is 1. The molecule has 3 nitrogen and oxygen atoms in total. The first kappa shape index (κ1) is 9.52. The summed E-state index contributed by atoms with van der Waals surface area (Å²) in [5, 5.41) is 6.02. The second-order valence-electron chi connectivity index (χ2n) is 3.35. The summed E-state index contributed by atoms with van der Waals surface area (Å²) in [6, 6.07) is 0. The molecule has 0 spiro atoms. The van der Waals surface area contributed by atoms with Gasteiger partial charge in [-0.15, -0.1) is 0 Å². The van der Waals surface area contributed by atoms with Gasteiger partial charge in [0.05, 0.1) is 5.92 Å². The largest absolute Gasteiger partial charge is 0.356 e. The number of rotatable bonds is 5. The molecule has 0 aromatic heterocycles. The molecule has 2 N–H and O–H groups in total. The fourth-order valence-corrected chi connectivity index (χ4v) is 1.20. The average molecular weight is 170 g/mol. The van der Waals surface area contributed by atoms with Crippen molar-refractivity contribution in [3.63, 3.8) is 0 Å². The van der Waals surface area contributed by atoms with Crippen LogP contribution in [0.1, 0.15) is 26.2 Å². The summed E-state index contributed by atoms with van der Waals surface area (Å²) < 4.78 is 0. The Morgan fingerprint density at radius 1 is 1.50 bits per heavy atom. The highest BCUT2D eigenvalue weighted by atomic mass is 16.2.